The molecular weight excluding hydrogens is 284 g/mol. The fourth-order valence-electron chi connectivity index (χ4n) is 1.88. The summed E-state index contributed by atoms with van der Waals surface area (Å²) >= 11 is 0. The van der Waals surface area contributed by atoms with Gasteiger partial charge in [-0.3, -0.25) is 9.59 Å². The summed E-state index contributed by atoms with van der Waals surface area (Å²) in [5, 5.41) is 27.8. The van der Waals surface area contributed by atoms with E-state index in [1.54, 1.807) is 30.3 Å². The predicted octanol–water partition coefficient (Wildman–Crippen LogP) is 3.92. The van der Waals surface area contributed by atoms with Gasteiger partial charge in [-0.25, -0.2) is 0 Å². The minimum absolute atomic E-state index is 0.0926. The number of carbonyl (C=O) groups is 2. The summed E-state index contributed by atoms with van der Waals surface area (Å²) in [6.07, 6.45) is 0. The third-order valence-corrected chi connectivity index (χ3v) is 3.03. The molecule has 0 aliphatic rings. The van der Waals surface area contributed by atoms with Crippen molar-refractivity contribution in [1.82, 2.24) is 0 Å². The number of carbonyl (C=O) groups excluding carboxylic acids is 2. The van der Waals surface area contributed by atoms with Crippen LogP contribution in [0.1, 0.15) is 34.6 Å². The van der Waals surface area contributed by atoms with Crippen LogP contribution in [0.25, 0.3) is 0 Å². The van der Waals surface area contributed by atoms with Crippen molar-refractivity contribution in [2.45, 2.75) is 13.8 Å². The second-order valence-electron chi connectivity index (χ2n) is 4.67. The van der Waals surface area contributed by atoms with E-state index in [4.69, 9.17) is 0 Å². The van der Waals surface area contributed by atoms with Crippen LogP contribution in [0.2, 0.25) is 0 Å². The van der Waals surface area contributed by atoms with Gasteiger partial charge in [-0.15, -0.1) is 5.11 Å². The van der Waals surface area contributed by atoms with Crippen molar-refractivity contribution in [2.75, 3.05) is 0 Å². The van der Waals surface area contributed by atoms with Gasteiger partial charge >= 0.3 is 0 Å². The average molecular weight is 298 g/mol. The minimum Gasteiger partial charge on any atom is -0.505 e. The first-order valence-corrected chi connectivity index (χ1v) is 6.49. The van der Waals surface area contributed by atoms with Gasteiger partial charge in [0.05, 0.1) is 16.8 Å². The monoisotopic (exact) mass is 298 g/mol. The van der Waals surface area contributed by atoms with Gasteiger partial charge in [-0.05, 0) is 32.0 Å². The van der Waals surface area contributed by atoms with Crippen LogP contribution in [0.3, 0.4) is 0 Å². The molecule has 0 fully saturated rings. The molecule has 0 radical (unpaired) electrons. The number of aromatic hydroxyl groups is 2. The topological polar surface area (TPSA) is 99.3 Å². The SMILES string of the molecule is CC(=O)c1cc(C(C)=O)c(O)c(N=Nc2ccccc2)c1O. The van der Waals surface area contributed by atoms with Crippen LogP contribution < -0.4 is 0 Å². The molecule has 22 heavy (non-hydrogen) atoms. The number of nitrogens with zero attached hydrogens (tertiary/aromatic N) is 2. The molecule has 0 aliphatic heterocycles. The molecule has 6 heteroatoms. The minimum atomic E-state index is -0.505. The van der Waals surface area contributed by atoms with Gasteiger partial charge in [0.25, 0.3) is 0 Å². The average Bonchev–Trinajstić information content (AvgIpc) is 2.47. The lowest BCUT2D eigenvalue weighted by molar-refractivity contribution is 0.101. The van der Waals surface area contributed by atoms with Gasteiger partial charge < -0.3 is 10.2 Å². The van der Waals surface area contributed by atoms with Crippen LogP contribution in [0.5, 0.6) is 11.5 Å². The number of benzene rings is 2. The van der Waals surface area contributed by atoms with Crippen molar-refractivity contribution in [1.29, 1.82) is 0 Å². The first-order valence-electron chi connectivity index (χ1n) is 6.49. The van der Waals surface area contributed by atoms with Crippen molar-refractivity contribution in [3.8, 4) is 11.5 Å². The van der Waals surface area contributed by atoms with Crippen molar-refractivity contribution in [3.63, 3.8) is 0 Å². The zero-order chi connectivity index (χ0) is 16.3. The molecule has 0 spiro atoms. The standard InChI is InChI=1S/C16H14N2O4/c1-9(19)12-8-13(10(2)20)16(22)14(15(12)21)18-17-11-6-4-3-5-7-11/h3-8,21-22H,1-2H3. The van der Waals surface area contributed by atoms with E-state index < -0.39 is 23.1 Å². The lowest BCUT2D eigenvalue weighted by Crippen LogP contribution is -2.00. The molecule has 0 amide bonds. The van der Waals surface area contributed by atoms with Crippen molar-refractivity contribution in [3.05, 3.63) is 47.5 Å². The van der Waals surface area contributed by atoms with Gasteiger partial charge in [0.1, 0.15) is 0 Å². The smallest absolute Gasteiger partial charge is 0.170 e. The molecule has 2 rings (SSSR count). The van der Waals surface area contributed by atoms with Gasteiger partial charge in [0.2, 0.25) is 0 Å². The quantitative estimate of drug-likeness (QED) is 0.660. The molecule has 112 valence electrons. The van der Waals surface area contributed by atoms with Crippen molar-refractivity contribution in [2.24, 2.45) is 10.2 Å². The van der Waals surface area contributed by atoms with Gasteiger partial charge in [0, 0.05) is 0 Å². The number of azo groups is 1. The fourth-order valence-corrected chi connectivity index (χ4v) is 1.88. The number of Topliss-reactive ketones (excluding diaryl/α,β-unsaturated/α-hetero) is 2. The predicted molar refractivity (Wildman–Crippen MR) is 80.4 cm³/mol. The molecule has 2 aromatic carbocycles. The van der Waals surface area contributed by atoms with E-state index in [2.05, 4.69) is 10.2 Å². The maximum Gasteiger partial charge on any atom is 0.170 e. The number of hydrogen-bond acceptors (Lipinski definition) is 6. The molecule has 0 saturated carbocycles. The van der Waals surface area contributed by atoms with E-state index in [1.165, 1.54) is 13.8 Å². The Kier molecular flexibility index (Phi) is 4.31. The normalized spacial score (nSPS) is 10.8. The molecule has 0 saturated heterocycles. The molecule has 0 atom stereocenters. The Bertz CT molecular complexity index is 729. The number of ketones is 2. The summed E-state index contributed by atoms with van der Waals surface area (Å²) < 4.78 is 0. The molecule has 0 heterocycles. The Morgan fingerprint density at radius 3 is 1.82 bits per heavy atom. The summed E-state index contributed by atoms with van der Waals surface area (Å²) in [4.78, 5) is 23.1. The Morgan fingerprint density at radius 2 is 1.36 bits per heavy atom. The van der Waals surface area contributed by atoms with E-state index in [0.717, 1.165) is 6.07 Å². The van der Waals surface area contributed by atoms with Gasteiger partial charge in [0.15, 0.2) is 28.8 Å². The third-order valence-electron chi connectivity index (χ3n) is 3.03. The summed E-state index contributed by atoms with van der Waals surface area (Å²) in [6.45, 7) is 2.49. The Balaban J connectivity index is 2.61. The Hall–Kier alpha value is -3.02. The van der Waals surface area contributed by atoms with Crippen LogP contribution in [0, 0.1) is 0 Å². The zero-order valence-corrected chi connectivity index (χ0v) is 12.1. The van der Waals surface area contributed by atoms with Crippen LogP contribution >= 0.6 is 0 Å². The van der Waals surface area contributed by atoms with Gasteiger partial charge in [-0.1, -0.05) is 18.2 Å². The summed E-state index contributed by atoms with van der Waals surface area (Å²) in [7, 11) is 0. The van der Waals surface area contributed by atoms with Crippen molar-refractivity contribution < 1.29 is 19.8 Å². The molecule has 2 aromatic rings. The van der Waals surface area contributed by atoms with Gasteiger partial charge in [-0.2, -0.15) is 5.11 Å². The molecule has 0 aromatic heterocycles. The molecule has 0 unspecified atom stereocenters. The first kappa shape index (κ1) is 15.4. The maximum atomic E-state index is 11.6. The summed E-state index contributed by atoms with van der Waals surface area (Å²) in [6, 6.07) is 9.81. The number of rotatable bonds is 4. The van der Waals surface area contributed by atoms with Crippen LogP contribution in [0.4, 0.5) is 11.4 Å². The Morgan fingerprint density at radius 1 is 0.864 bits per heavy atom. The van der Waals surface area contributed by atoms with E-state index in [1.807, 2.05) is 0 Å². The number of hydrogen-bond donors (Lipinski definition) is 2. The summed E-state index contributed by atoms with van der Waals surface area (Å²) in [5.74, 6) is -1.91. The van der Waals surface area contributed by atoms with Crippen LogP contribution in [-0.4, -0.2) is 21.8 Å². The van der Waals surface area contributed by atoms with Crippen molar-refractivity contribution >= 4 is 22.9 Å². The molecule has 6 nitrogen and oxygen atoms in total. The molecule has 2 N–H and O–H groups in total. The maximum absolute atomic E-state index is 11.6. The number of phenolic OH excluding ortho intramolecular Hbond substituents is 2. The number of phenols is 2. The lowest BCUT2D eigenvalue weighted by atomic mass is 10.0. The molecular formula is C16H14N2O4. The second-order valence-corrected chi connectivity index (χ2v) is 4.67. The highest BCUT2D eigenvalue weighted by molar-refractivity contribution is 6.05. The van der Waals surface area contributed by atoms with E-state index >= 15 is 0 Å². The zero-order valence-electron chi connectivity index (χ0n) is 12.1. The largest absolute Gasteiger partial charge is 0.505 e. The lowest BCUT2D eigenvalue weighted by Gasteiger charge is -2.09. The fraction of sp³-hybridized carbons (Fsp3) is 0.125. The highest BCUT2D eigenvalue weighted by atomic mass is 16.3. The highest BCUT2D eigenvalue weighted by Gasteiger charge is 2.21. The third kappa shape index (κ3) is 3.01. The molecule has 0 aliphatic carbocycles. The molecule has 0 bridgehead atoms. The van der Waals surface area contributed by atoms with E-state index in [9.17, 15) is 19.8 Å². The van der Waals surface area contributed by atoms with Crippen LogP contribution in [-0.2, 0) is 0 Å². The van der Waals surface area contributed by atoms with Crippen LogP contribution in [0.15, 0.2) is 46.6 Å². The van der Waals surface area contributed by atoms with E-state index in [0.29, 0.717) is 5.69 Å². The second kappa shape index (κ2) is 6.17. The summed E-state index contributed by atoms with van der Waals surface area (Å²) in [5.41, 5.74) is 0.00989. The van der Waals surface area contributed by atoms with E-state index in [-0.39, 0.29) is 16.8 Å². The first-order chi connectivity index (χ1) is 10.4. The Labute approximate surface area is 126 Å². The highest BCUT2D eigenvalue weighted by Crippen LogP contribution is 2.42.